The highest BCUT2D eigenvalue weighted by Crippen LogP contribution is 2.23. The molecule has 0 aliphatic carbocycles. The van der Waals surface area contributed by atoms with Gasteiger partial charge in [0.2, 0.25) is 0 Å². The fourth-order valence-corrected chi connectivity index (χ4v) is 1.71. The van der Waals surface area contributed by atoms with E-state index < -0.39 is 16.5 Å². The summed E-state index contributed by atoms with van der Waals surface area (Å²) in [6, 6.07) is 0. The van der Waals surface area contributed by atoms with Crippen LogP contribution in [0.5, 0.6) is 0 Å². The Kier molecular flexibility index (Phi) is 11.6. The Morgan fingerprint density at radius 1 is 0.750 bits per heavy atom. The molecule has 0 aliphatic rings. The van der Waals surface area contributed by atoms with Crippen LogP contribution in [0.1, 0.15) is 25.7 Å². The van der Waals surface area contributed by atoms with Crippen LogP contribution in [0.3, 0.4) is 0 Å². The zero-order valence-electron chi connectivity index (χ0n) is 9.59. The normalized spacial score (nSPS) is 12.6. The lowest BCUT2D eigenvalue weighted by atomic mass is 10.2. The maximum atomic E-state index is 10.7. The van der Waals surface area contributed by atoms with Crippen molar-refractivity contribution in [2.75, 3.05) is 27.4 Å². The average molecular weight is 272 g/mol. The predicted molar refractivity (Wildman–Crippen MR) is 59.6 cm³/mol. The first-order valence-corrected chi connectivity index (χ1v) is 7.18. The van der Waals surface area contributed by atoms with E-state index in [1.807, 2.05) is 0 Å². The van der Waals surface area contributed by atoms with E-state index in [0.717, 1.165) is 25.7 Å². The van der Waals surface area contributed by atoms with Crippen LogP contribution < -0.4 is 0 Å². The van der Waals surface area contributed by atoms with Crippen LogP contribution in [-0.2, 0) is 27.2 Å². The Morgan fingerprint density at radius 3 is 1.44 bits per heavy atom. The van der Waals surface area contributed by atoms with Crippen molar-refractivity contribution < 1.29 is 27.2 Å². The smallest absolute Gasteiger partial charge is 0.122 e. The molecule has 2 atom stereocenters. The van der Waals surface area contributed by atoms with Gasteiger partial charge in [0, 0.05) is 9.13 Å². The van der Waals surface area contributed by atoms with Crippen LogP contribution in [0.15, 0.2) is 0 Å². The molecular formula is C8H18O6P2+2. The van der Waals surface area contributed by atoms with E-state index in [1.54, 1.807) is 0 Å². The second-order valence-corrected chi connectivity index (χ2v) is 5.03. The van der Waals surface area contributed by atoms with Gasteiger partial charge in [-0.15, -0.1) is 18.1 Å². The molecule has 2 unspecified atom stereocenters. The highest BCUT2D eigenvalue weighted by molar-refractivity contribution is 7.33. The van der Waals surface area contributed by atoms with Gasteiger partial charge >= 0.3 is 16.5 Å². The Labute approximate surface area is 97.5 Å². The largest absolute Gasteiger partial charge is 0.697 e. The molecule has 0 amide bonds. The molecule has 0 spiro atoms. The summed E-state index contributed by atoms with van der Waals surface area (Å²) < 4.78 is 40.0. The monoisotopic (exact) mass is 272 g/mol. The second-order valence-electron chi connectivity index (χ2n) is 2.89. The van der Waals surface area contributed by atoms with Crippen LogP contribution in [0.4, 0.5) is 0 Å². The molecule has 0 aromatic carbocycles. The zero-order chi connectivity index (χ0) is 12.2. The SMILES string of the molecule is CO[P+](=O)OCCCCCCO[P+](=O)OC. The van der Waals surface area contributed by atoms with Gasteiger partial charge in [-0.3, -0.25) is 0 Å². The molecule has 94 valence electrons. The Balaban J connectivity index is 3.10. The first-order valence-electron chi connectivity index (χ1n) is 4.99. The topological polar surface area (TPSA) is 71.1 Å². The highest BCUT2D eigenvalue weighted by Gasteiger charge is 2.16. The van der Waals surface area contributed by atoms with Crippen molar-refractivity contribution in [3.05, 3.63) is 0 Å². The minimum Gasteiger partial charge on any atom is -0.122 e. The Morgan fingerprint density at radius 2 is 1.12 bits per heavy atom. The van der Waals surface area contributed by atoms with Crippen molar-refractivity contribution in [1.82, 2.24) is 0 Å². The summed E-state index contributed by atoms with van der Waals surface area (Å²) in [5.74, 6) is 0. The van der Waals surface area contributed by atoms with Gasteiger partial charge in [-0.25, -0.2) is 0 Å². The molecule has 16 heavy (non-hydrogen) atoms. The first-order chi connectivity index (χ1) is 7.70. The lowest BCUT2D eigenvalue weighted by Crippen LogP contribution is -1.91. The van der Waals surface area contributed by atoms with Gasteiger partial charge in [-0.2, -0.15) is 0 Å². The zero-order valence-corrected chi connectivity index (χ0v) is 11.4. The molecule has 0 radical (unpaired) electrons. The molecule has 0 saturated carbocycles. The molecule has 0 aliphatic heterocycles. The lowest BCUT2D eigenvalue weighted by Gasteiger charge is -1.95. The second kappa shape index (κ2) is 11.5. The molecule has 0 aromatic heterocycles. The van der Waals surface area contributed by atoms with Crippen molar-refractivity contribution in [2.24, 2.45) is 0 Å². The maximum absolute atomic E-state index is 10.7. The van der Waals surface area contributed by atoms with Gasteiger partial charge in [-0.1, -0.05) is 12.8 Å². The minimum atomic E-state index is -1.95. The molecule has 6 nitrogen and oxygen atoms in total. The van der Waals surface area contributed by atoms with Crippen molar-refractivity contribution in [3.8, 4) is 0 Å². The van der Waals surface area contributed by atoms with Gasteiger partial charge in [0.1, 0.15) is 13.2 Å². The van der Waals surface area contributed by atoms with E-state index in [4.69, 9.17) is 9.05 Å². The van der Waals surface area contributed by atoms with Crippen LogP contribution in [-0.4, -0.2) is 27.4 Å². The Bertz CT molecular complexity index is 189. The highest BCUT2D eigenvalue weighted by atomic mass is 31.1. The van der Waals surface area contributed by atoms with Crippen molar-refractivity contribution >= 4 is 16.5 Å². The Hall–Kier alpha value is 0.0400. The maximum Gasteiger partial charge on any atom is 0.697 e. The summed E-state index contributed by atoms with van der Waals surface area (Å²) in [5.41, 5.74) is 0. The summed E-state index contributed by atoms with van der Waals surface area (Å²) in [6.07, 6.45) is 3.53. The summed E-state index contributed by atoms with van der Waals surface area (Å²) in [6.45, 7) is 0.854. The summed E-state index contributed by atoms with van der Waals surface area (Å²) >= 11 is 0. The molecule has 0 heterocycles. The molecular weight excluding hydrogens is 254 g/mol. The lowest BCUT2D eigenvalue weighted by molar-refractivity contribution is 0.240. The summed E-state index contributed by atoms with van der Waals surface area (Å²) in [7, 11) is -1.21. The molecule has 0 fully saturated rings. The third-order valence-electron chi connectivity index (χ3n) is 1.73. The van der Waals surface area contributed by atoms with Gasteiger partial charge < -0.3 is 0 Å². The van der Waals surface area contributed by atoms with E-state index in [2.05, 4.69) is 9.05 Å². The van der Waals surface area contributed by atoms with Gasteiger partial charge in [0.25, 0.3) is 0 Å². The number of hydrogen-bond acceptors (Lipinski definition) is 6. The number of unbranched alkanes of at least 4 members (excludes halogenated alkanes) is 3. The van der Waals surface area contributed by atoms with Crippen molar-refractivity contribution in [2.45, 2.75) is 25.7 Å². The van der Waals surface area contributed by atoms with Crippen molar-refractivity contribution in [3.63, 3.8) is 0 Å². The third kappa shape index (κ3) is 10.6. The van der Waals surface area contributed by atoms with E-state index >= 15 is 0 Å². The molecule has 0 N–H and O–H groups in total. The van der Waals surface area contributed by atoms with Gasteiger partial charge in [0.15, 0.2) is 0 Å². The van der Waals surface area contributed by atoms with Crippen LogP contribution in [0.25, 0.3) is 0 Å². The van der Waals surface area contributed by atoms with Crippen molar-refractivity contribution in [1.29, 1.82) is 0 Å². The molecule has 0 aromatic rings. The molecule has 0 saturated heterocycles. The number of rotatable bonds is 11. The van der Waals surface area contributed by atoms with Crippen LogP contribution in [0, 0.1) is 0 Å². The van der Waals surface area contributed by atoms with Crippen LogP contribution in [0.2, 0.25) is 0 Å². The van der Waals surface area contributed by atoms with E-state index in [9.17, 15) is 9.13 Å². The first kappa shape index (κ1) is 16.0. The minimum absolute atomic E-state index is 0.427. The van der Waals surface area contributed by atoms with E-state index in [-0.39, 0.29) is 0 Å². The predicted octanol–water partition coefficient (Wildman–Crippen LogP) is 3.19. The fraction of sp³-hybridized carbons (Fsp3) is 1.00. The quantitative estimate of drug-likeness (QED) is 0.425. The average Bonchev–Trinajstić information content (AvgIpc) is 2.31. The standard InChI is InChI=1S/C8H18O6P2/c1-11-15(9)13-7-5-3-4-6-8-14-16(10)12-2/h3-8H2,1-2H3/q+2. The molecule has 0 bridgehead atoms. The third-order valence-corrected chi connectivity index (χ3v) is 3.11. The summed E-state index contributed by atoms with van der Waals surface area (Å²) in [4.78, 5) is 0. The number of hydrogen-bond donors (Lipinski definition) is 0. The van der Waals surface area contributed by atoms with E-state index in [1.165, 1.54) is 14.2 Å². The van der Waals surface area contributed by atoms with Gasteiger partial charge in [-0.05, 0) is 12.8 Å². The molecule has 8 heteroatoms. The van der Waals surface area contributed by atoms with Gasteiger partial charge in [0.05, 0.1) is 14.2 Å². The fourth-order valence-electron chi connectivity index (χ4n) is 0.941. The van der Waals surface area contributed by atoms with E-state index in [0.29, 0.717) is 13.2 Å². The summed E-state index contributed by atoms with van der Waals surface area (Å²) in [5, 5.41) is 0. The van der Waals surface area contributed by atoms with Crippen LogP contribution >= 0.6 is 16.5 Å². The molecule has 0 rings (SSSR count).